The number of hydrogen-bond donors (Lipinski definition) is 3. The second-order valence-corrected chi connectivity index (χ2v) is 6.17. The first-order chi connectivity index (χ1) is 11.7. The minimum absolute atomic E-state index is 0.0580. The van der Waals surface area contributed by atoms with Gasteiger partial charge in [0.2, 0.25) is 11.8 Å². The van der Waals surface area contributed by atoms with Crippen LogP contribution < -0.4 is 16.0 Å². The summed E-state index contributed by atoms with van der Waals surface area (Å²) >= 11 is 0. The van der Waals surface area contributed by atoms with Crippen LogP contribution in [0.5, 0.6) is 0 Å². The molecule has 4 amide bonds. The molecule has 0 heterocycles. The molecular formula is C18H28N4O3. The number of amides is 4. The predicted octanol–water partition coefficient (Wildman–Crippen LogP) is 2.09. The van der Waals surface area contributed by atoms with Crippen LogP contribution in [0.3, 0.4) is 0 Å². The average molecular weight is 348 g/mol. The summed E-state index contributed by atoms with van der Waals surface area (Å²) in [6.07, 6.45) is 0.821. The molecule has 1 aromatic rings. The number of rotatable bonds is 7. The van der Waals surface area contributed by atoms with Crippen molar-refractivity contribution in [3.63, 3.8) is 0 Å². The summed E-state index contributed by atoms with van der Waals surface area (Å²) in [6, 6.07) is 6.18. The topological polar surface area (TPSA) is 90.5 Å². The van der Waals surface area contributed by atoms with Gasteiger partial charge in [-0.2, -0.15) is 0 Å². The van der Waals surface area contributed by atoms with Gasteiger partial charge in [0.05, 0.1) is 0 Å². The van der Waals surface area contributed by atoms with E-state index in [1.165, 1.54) is 6.92 Å². The van der Waals surface area contributed by atoms with Crippen LogP contribution in [-0.4, -0.2) is 41.9 Å². The van der Waals surface area contributed by atoms with Gasteiger partial charge >= 0.3 is 6.03 Å². The molecule has 138 valence electrons. The molecule has 0 radical (unpaired) electrons. The Morgan fingerprint density at radius 1 is 1.12 bits per heavy atom. The van der Waals surface area contributed by atoms with Crippen LogP contribution in [0, 0.1) is 0 Å². The summed E-state index contributed by atoms with van der Waals surface area (Å²) in [5.41, 5.74) is 1.41. The van der Waals surface area contributed by atoms with Crippen molar-refractivity contribution in [2.45, 2.75) is 52.7 Å². The molecule has 25 heavy (non-hydrogen) atoms. The number of para-hydroxylation sites is 1. The lowest BCUT2D eigenvalue weighted by atomic mass is 10.1. The number of nitrogens with one attached hydrogen (secondary N) is 3. The summed E-state index contributed by atoms with van der Waals surface area (Å²) in [4.78, 5) is 37.1. The average Bonchev–Trinajstić information content (AvgIpc) is 2.55. The second-order valence-electron chi connectivity index (χ2n) is 6.17. The van der Waals surface area contributed by atoms with Gasteiger partial charge in [-0.05, 0) is 31.9 Å². The number of carbonyl (C=O) groups excluding carboxylic acids is 3. The van der Waals surface area contributed by atoms with Crippen LogP contribution >= 0.6 is 0 Å². The van der Waals surface area contributed by atoms with Crippen LogP contribution in [0.4, 0.5) is 10.5 Å². The van der Waals surface area contributed by atoms with Crippen LogP contribution in [0.1, 0.15) is 39.7 Å². The standard InChI is InChI=1S/C18H28N4O3/c1-6-12(2)19-17(24)13(3)20-18(25)21-16-10-8-7-9-15(16)11-22(5)14(4)23/h7-10,12-13H,6,11H2,1-5H3,(H,19,24)(H2,20,21,25)/t12-,13-/m1/s1. The number of benzene rings is 1. The fraction of sp³-hybridized carbons (Fsp3) is 0.500. The van der Waals surface area contributed by atoms with Crippen molar-refractivity contribution in [3.05, 3.63) is 29.8 Å². The van der Waals surface area contributed by atoms with Crippen LogP contribution in [0.25, 0.3) is 0 Å². The van der Waals surface area contributed by atoms with Gasteiger partial charge in [0.25, 0.3) is 0 Å². The van der Waals surface area contributed by atoms with Gasteiger partial charge in [-0.3, -0.25) is 9.59 Å². The number of nitrogens with zero attached hydrogens (tertiary/aromatic N) is 1. The van der Waals surface area contributed by atoms with Crippen LogP contribution in [-0.2, 0) is 16.1 Å². The lowest BCUT2D eigenvalue weighted by Gasteiger charge is -2.20. The largest absolute Gasteiger partial charge is 0.352 e. The molecule has 0 aliphatic heterocycles. The van der Waals surface area contributed by atoms with Gasteiger partial charge in [0.15, 0.2) is 0 Å². The van der Waals surface area contributed by atoms with E-state index in [9.17, 15) is 14.4 Å². The summed E-state index contributed by atoms with van der Waals surface area (Å²) in [5, 5.41) is 8.18. The van der Waals surface area contributed by atoms with Crippen molar-refractivity contribution in [1.29, 1.82) is 0 Å². The smallest absolute Gasteiger partial charge is 0.319 e. The Balaban J connectivity index is 2.68. The Bertz CT molecular complexity index is 618. The maximum absolute atomic E-state index is 12.2. The molecule has 0 bridgehead atoms. The molecule has 1 aromatic carbocycles. The molecule has 2 atom stereocenters. The van der Waals surface area contributed by atoms with Crippen molar-refractivity contribution in [2.24, 2.45) is 0 Å². The summed E-state index contributed by atoms with van der Waals surface area (Å²) in [6.45, 7) is 7.39. The molecule has 1 rings (SSSR count). The lowest BCUT2D eigenvalue weighted by molar-refractivity contribution is -0.128. The molecule has 0 saturated heterocycles. The van der Waals surface area contributed by atoms with E-state index in [1.54, 1.807) is 31.0 Å². The molecule has 0 spiro atoms. The van der Waals surface area contributed by atoms with E-state index < -0.39 is 12.1 Å². The molecule has 3 N–H and O–H groups in total. The van der Waals surface area contributed by atoms with E-state index in [1.807, 2.05) is 26.0 Å². The first-order valence-corrected chi connectivity index (χ1v) is 8.42. The number of hydrogen-bond acceptors (Lipinski definition) is 3. The highest BCUT2D eigenvalue weighted by molar-refractivity contribution is 5.94. The summed E-state index contributed by atoms with van der Waals surface area (Å²) < 4.78 is 0. The highest BCUT2D eigenvalue weighted by Crippen LogP contribution is 2.16. The molecule has 7 nitrogen and oxygen atoms in total. The molecule has 0 saturated carbocycles. The maximum Gasteiger partial charge on any atom is 0.319 e. The SMILES string of the molecule is CC[C@@H](C)NC(=O)[C@@H](C)NC(=O)Nc1ccccc1CN(C)C(C)=O. The Labute approximate surface area is 149 Å². The normalized spacial score (nSPS) is 12.7. The summed E-state index contributed by atoms with van der Waals surface area (Å²) in [7, 11) is 1.69. The minimum Gasteiger partial charge on any atom is -0.352 e. The van der Waals surface area contributed by atoms with Gasteiger partial charge in [-0.1, -0.05) is 25.1 Å². The third kappa shape index (κ3) is 6.82. The van der Waals surface area contributed by atoms with E-state index in [0.717, 1.165) is 12.0 Å². The van der Waals surface area contributed by atoms with Gasteiger partial charge in [-0.25, -0.2) is 4.79 Å². The van der Waals surface area contributed by atoms with Gasteiger partial charge in [-0.15, -0.1) is 0 Å². The molecular weight excluding hydrogens is 320 g/mol. The number of urea groups is 1. The zero-order valence-corrected chi connectivity index (χ0v) is 15.6. The molecule has 0 aliphatic rings. The first-order valence-electron chi connectivity index (χ1n) is 8.42. The van der Waals surface area contributed by atoms with Gasteiger partial charge in [0, 0.05) is 32.2 Å². The zero-order chi connectivity index (χ0) is 19.0. The highest BCUT2D eigenvalue weighted by atomic mass is 16.2. The highest BCUT2D eigenvalue weighted by Gasteiger charge is 2.17. The van der Waals surface area contributed by atoms with Crippen LogP contribution in [0.15, 0.2) is 24.3 Å². The minimum atomic E-state index is -0.652. The van der Waals surface area contributed by atoms with E-state index in [0.29, 0.717) is 12.2 Å². The fourth-order valence-electron chi connectivity index (χ4n) is 2.04. The van der Waals surface area contributed by atoms with Crippen molar-refractivity contribution in [2.75, 3.05) is 12.4 Å². The predicted molar refractivity (Wildman–Crippen MR) is 98.1 cm³/mol. The quantitative estimate of drug-likeness (QED) is 0.705. The third-order valence-electron chi connectivity index (χ3n) is 3.95. The first kappa shape index (κ1) is 20.5. The fourth-order valence-corrected chi connectivity index (χ4v) is 2.04. The zero-order valence-electron chi connectivity index (χ0n) is 15.6. The van der Waals surface area contributed by atoms with Crippen molar-refractivity contribution in [1.82, 2.24) is 15.5 Å². The Morgan fingerprint density at radius 2 is 1.76 bits per heavy atom. The van der Waals surface area contributed by atoms with E-state index in [2.05, 4.69) is 16.0 Å². The van der Waals surface area contributed by atoms with E-state index in [-0.39, 0.29) is 17.9 Å². The lowest BCUT2D eigenvalue weighted by Crippen LogP contribution is -2.48. The van der Waals surface area contributed by atoms with Crippen molar-refractivity contribution >= 4 is 23.5 Å². The molecule has 0 fully saturated rings. The monoisotopic (exact) mass is 348 g/mol. The molecule has 0 aliphatic carbocycles. The molecule has 7 heteroatoms. The number of anilines is 1. The van der Waals surface area contributed by atoms with Gasteiger partial charge < -0.3 is 20.9 Å². The maximum atomic E-state index is 12.2. The molecule has 0 aromatic heterocycles. The van der Waals surface area contributed by atoms with Crippen molar-refractivity contribution < 1.29 is 14.4 Å². The van der Waals surface area contributed by atoms with E-state index >= 15 is 0 Å². The molecule has 0 unspecified atom stereocenters. The number of carbonyl (C=O) groups is 3. The third-order valence-corrected chi connectivity index (χ3v) is 3.95. The Morgan fingerprint density at radius 3 is 2.36 bits per heavy atom. The second kappa shape index (κ2) is 9.66. The Hall–Kier alpha value is -2.57. The Kier molecular flexibility index (Phi) is 7.91. The summed E-state index contributed by atoms with van der Waals surface area (Å²) in [5.74, 6) is -0.288. The van der Waals surface area contributed by atoms with Crippen molar-refractivity contribution in [3.8, 4) is 0 Å². The van der Waals surface area contributed by atoms with E-state index in [4.69, 9.17) is 0 Å². The van der Waals surface area contributed by atoms with Crippen LogP contribution in [0.2, 0.25) is 0 Å². The van der Waals surface area contributed by atoms with Gasteiger partial charge in [0.1, 0.15) is 6.04 Å².